The van der Waals surface area contributed by atoms with Crippen LogP contribution in [0.2, 0.25) is 0 Å². The molecule has 0 bridgehead atoms. The van der Waals surface area contributed by atoms with E-state index in [1.54, 1.807) is 18.9 Å². The maximum atomic E-state index is 11.8. The third-order valence-corrected chi connectivity index (χ3v) is 4.72. The zero-order valence-corrected chi connectivity index (χ0v) is 13.4. The summed E-state index contributed by atoms with van der Waals surface area (Å²) in [5.74, 6) is 2.13. The van der Waals surface area contributed by atoms with Crippen molar-refractivity contribution in [3.05, 3.63) is 24.3 Å². The van der Waals surface area contributed by atoms with Gasteiger partial charge < -0.3 is 15.4 Å². The minimum atomic E-state index is 0.111. The molecule has 21 heavy (non-hydrogen) atoms. The molecule has 0 spiro atoms. The molecule has 5 heteroatoms. The van der Waals surface area contributed by atoms with Gasteiger partial charge in [0, 0.05) is 11.4 Å². The summed E-state index contributed by atoms with van der Waals surface area (Å²) in [6.07, 6.45) is 3.61. The molecule has 1 aliphatic rings. The molecule has 4 nitrogen and oxygen atoms in total. The summed E-state index contributed by atoms with van der Waals surface area (Å²) in [5.41, 5.74) is 0. The standard InChI is InChI=1S/C16H24N2O2S/c1-20-14-4-6-15(7-5-14)21-12-16(19)18-10-8-13-3-2-9-17-11-13/h4-7,13,17H,2-3,8-12H2,1H3,(H,18,19). The van der Waals surface area contributed by atoms with Crippen molar-refractivity contribution in [2.24, 2.45) is 5.92 Å². The van der Waals surface area contributed by atoms with E-state index in [9.17, 15) is 4.79 Å². The Balaban J connectivity index is 1.60. The Hall–Kier alpha value is -1.20. The van der Waals surface area contributed by atoms with Crippen LogP contribution in [0.4, 0.5) is 0 Å². The number of carbonyl (C=O) groups excluding carboxylic acids is 1. The van der Waals surface area contributed by atoms with Crippen LogP contribution in [0.25, 0.3) is 0 Å². The monoisotopic (exact) mass is 308 g/mol. The number of methoxy groups -OCH3 is 1. The summed E-state index contributed by atoms with van der Waals surface area (Å²) < 4.78 is 5.11. The Kier molecular flexibility index (Phi) is 6.89. The lowest BCUT2D eigenvalue weighted by Crippen LogP contribution is -2.33. The molecule has 1 aliphatic heterocycles. The Labute approximate surface area is 131 Å². The number of thioether (sulfide) groups is 1. The molecule has 1 unspecified atom stereocenters. The van der Waals surface area contributed by atoms with E-state index in [4.69, 9.17) is 4.74 Å². The molecule has 1 atom stereocenters. The highest BCUT2D eigenvalue weighted by atomic mass is 32.2. The smallest absolute Gasteiger partial charge is 0.230 e. The first-order valence-electron chi connectivity index (χ1n) is 7.52. The van der Waals surface area contributed by atoms with E-state index in [2.05, 4.69) is 10.6 Å². The zero-order valence-electron chi connectivity index (χ0n) is 12.6. The second-order valence-electron chi connectivity index (χ2n) is 5.32. The van der Waals surface area contributed by atoms with Gasteiger partial charge in [-0.25, -0.2) is 0 Å². The highest BCUT2D eigenvalue weighted by Crippen LogP contribution is 2.21. The molecule has 0 saturated carbocycles. The highest BCUT2D eigenvalue weighted by Gasteiger charge is 2.12. The first-order chi connectivity index (χ1) is 10.3. The number of piperidine rings is 1. The van der Waals surface area contributed by atoms with Gasteiger partial charge in [0.05, 0.1) is 12.9 Å². The number of ether oxygens (including phenoxy) is 1. The van der Waals surface area contributed by atoms with Gasteiger partial charge in [0.1, 0.15) is 5.75 Å². The van der Waals surface area contributed by atoms with Crippen LogP contribution in [0, 0.1) is 5.92 Å². The van der Waals surface area contributed by atoms with Crippen molar-refractivity contribution in [2.45, 2.75) is 24.2 Å². The topological polar surface area (TPSA) is 50.4 Å². The van der Waals surface area contributed by atoms with Gasteiger partial charge in [-0.3, -0.25) is 4.79 Å². The third kappa shape index (κ3) is 5.98. The summed E-state index contributed by atoms with van der Waals surface area (Å²) >= 11 is 1.55. The molecular formula is C16H24N2O2S. The average molecular weight is 308 g/mol. The Morgan fingerprint density at radius 3 is 2.90 bits per heavy atom. The number of nitrogens with one attached hydrogen (secondary N) is 2. The van der Waals surface area contributed by atoms with E-state index >= 15 is 0 Å². The molecule has 116 valence electrons. The molecule has 1 saturated heterocycles. The quantitative estimate of drug-likeness (QED) is 0.759. The van der Waals surface area contributed by atoms with E-state index in [1.165, 1.54) is 12.8 Å². The third-order valence-electron chi connectivity index (χ3n) is 3.70. The second-order valence-corrected chi connectivity index (χ2v) is 6.36. The SMILES string of the molecule is COc1ccc(SCC(=O)NCCC2CCCNC2)cc1. The average Bonchev–Trinajstić information content (AvgIpc) is 2.54. The summed E-state index contributed by atoms with van der Waals surface area (Å²) in [6.45, 7) is 3.02. The fourth-order valence-electron chi connectivity index (χ4n) is 2.46. The highest BCUT2D eigenvalue weighted by molar-refractivity contribution is 8.00. The summed E-state index contributed by atoms with van der Waals surface area (Å²) in [4.78, 5) is 12.9. The minimum Gasteiger partial charge on any atom is -0.497 e. The van der Waals surface area contributed by atoms with Crippen molar-refractivity contribution in [3.8, 4) is 5.75 Å². The molecule has 1 amide bonds. The lowest BCUT2D eigenvalue weighted by molar-refractivity contribution is -0.118. The second kappa shape index (κ2) is 8.95. The van der Waals surface area contributed by atoms with Crippen molar-refractivity contribution in [3.63, 3.8) is 0 Å². The van der Waals surface area contributed by atoms with Crippen LogP contribution in [0.1, 0.15) is 19.3 Å². The molecule has 2 N–H and O–H groups in total. The lowest BCUT2D eigenvalue weighted by Gasteiger charge is -2.22. The minimum absolute atomic E-state index is 0.111. The zero-order chi connectivity index (χ0) is 14.9. The normalized spacial score (nSPS) is 18.2. The van der Waals surface area contributed by atoms with Crippen LogP contribution in [0.5, 0.6) is 5.75 Å². The van der Waals surface area contributed by atoms with Gasteiger partial charge in [0.2, 0.25) is 5.91 Å². The number of carbonyl (C=O) groups is 1. The van der Waals surface area contributed by atoms with Crippen molar-refractivity contribution in [1.82, 2.24) is 10.6 Å². The maximum Gasteiger partial charge on any atom is 0.230 e. The van der Waals surface area contributed by atoms with Crippen LogP contribution in [-0.4, -0.2) is 38.4 Å². The maximum absolute atomic E-state index is 11.8. The fourth-order valence-corrected chi connectivity index (χ4v) is 3.19. The van der Waals surface area contributed by atoms with Gasteiger partial charge in [0.15, 0.2) is 0 Å². The van der Waals surface area contributed by atoms with Crippen molar-refractivity contribution >= 4 is 17.7 Å². The van der Waals surface area contributed by atoms with E-state index < -0.39 is 0 Å². The first kappa shape index (κ1) is 16.2. The van der Waals surface area contributed by atoms with Crippen LogP contribution in [-0.2, 0) is 4.79 Å². The Morgan fingerprint density at radius 1 is 1.43 bits per heavy atom. The van der Waals surface area contributed by atoms with Crippen molar-refractivity contribution in [2.75, 3.05) is 32.5 Å². The first-order valence-corrected chi connectivity index (χ1v) is 8.51. The molecule has 0 aromatic heterocycles. The van der Waals surface area contributed by atoms with Crippen LogP contribution < -0.4 is 15.4 Å². The van der Waals surface area contributed by atoms with Gasteiger partial charge >= 0.3 is 0 Å². The lowest BCUT2D eigenvalue weighted by atomic mass is 9.96. The van der Waals surface area contributed by atoms with E-state index in [0.29, 0.717) is 11.7 Å². The molecule has 1 aromatic carbocycles. The molecular weight excluding hydrogens is 284 g/mol. The summed E-state index contributed by atoms with van der Waals surface area (Å²) in [7, 11) is 1.65. The predicted octanol–water partition coefficient (Wildman–Crippen LogP) is 2.29. The molecule has 1 heterocycles. The number of rotatable bonds is 7. The van der Waals surface area contributed by atoms with Crippen molar-refractivity contribution in [1.29, 1.82) is 0 Å². The summed E-state index contributed by atoms with van der Waals surface area (Å²) in [5, 5.41) is 6.41. The fraction of sp³-hybridized carbons (Fsp3) is 0.562. The number of hydrogen-bond donors (Lipinski definition) is 2. The van der Waals surface area contributed by atoms with E-state index in [1.807, 2.05) is 24.3 Å². The summed E-state index contributed by atoms with van der Waals surface area (Å²) in [6, 6.07) is 7.78. The van der Waals surface area contributed by atoms with Gasteiger partial charge in [-0.2, -0.15) is 0 Å². The van der Waals surface area contributed by atoms with Crippen LogP contribution in [0.15, 0.2) is 29.2 Å². The van der Waals surface area contributed by atoms with Gasteiger partial charge in [-0.05, 0) is 62.5 Å². The Bertz CT molecular complexity index is 430. The Morgan fingerprint density at radius 2 is 2.24 bits per heavy atom. The number of amides is 1. The van der Waals surface area contributed by atoms with Crippen LogP contribution >= 0.6 is 11.8 Å². The molecule has 2 rings (SSSR count). The van der Waals surface area contributed by atoms with Gasteiger partial charge in [0.25, 0.3) is 0 Å². The van der Waals surface area contributed by atoms with E-state index in [0.717, 1.165) is 36.7 Å². The predicted molar refractivity (Wildman–Crippen MR) is 86.9 cm³/mol. The van der Waals surface area contributed by atoms with E-state index in [-0.39, 0.29) is 5.91 Å². The molecule has 1 fully saturated rings. The number of benzene rings is 1. The van der Waals surface area contributed by atoms with Gasteiger partial charge in [-0.1, -0.05) is 0 Å². The molecule has 0 aliphatic carbocycles. The molecule has 0 radical (unpaired) electrons. The van der Waals surface area contributed by atoms with Gasteiger partial charge in [-0.15, -0.1) is 11.8 Å². The number of hydrogen-bond acceptors (Lipinski definition) is 4. The largest absolute Gasteiger partial charge is 0.497 e. The molecule has 1 aromatic rings. The van der Waals surface area contributed by atoms with Crippen molar-refractivity contribution < 1.29 is 9.53 Å². The van der Waals surface area contributed by atoms with Crippen LogP contribution in [0.3, 0.4) is 0 Å².